The average molecular weight is 347 g/mol. The van der Waals surface area contributed by atoms with Crippen molar-refractivity contribution in [2.75, 3.05) is 12.4 Å². The Morgan fingerprint density at radius 1 is 1.26 bits per heavy atom. The smallest absolute Gasteiger partial charge is 0.464 e. The van der Waals surface area contributed by atoms with Gasteiger partial charge in [0.2, 0.25) is 5.91 Å². The lowest BCUT2D eigenvalue weighted by atomic mass is 10.3. The minimum atomic E-state index is -0.960. The Balaban J connectivity index is 2.48. The van der Waals surface area contributed by atoms with Crippen LogP contribution < -0.4 is 11.1 Å². The molecule has 0 unspecified atom stereocenters. The predicted octanol–water partition coefficient (Wildman–Crippen LogP) is 0.979. The molecule has 1 heterocycles. The van der Waals surface area contributed by atoms with E-state index in [1.807, 2.05) is 0 Å². The molecule has 23 heavy (non-hydrogen) atoms. The molecule has 10 heteroatoms. The summed E-state index contributed by atoms with van der Waals surface area (Å²) in [5, 5.41) is 1.69. The molecule has 0 radical (unpaired) electrons. The minimum Gasteiger partial charge on any atom is -0.464 e. The zero-order chi connectivity index (χ0) is 17.4. The van der Waals surface area contributed by atoms with Crippen molar-refractivity contribution in [3.8, 4) is 0 Å². The van der Waals surface area contributed by atoms with E-state index < -0.39 is 29.0 Å². The van der Waals surface area contributed by atoms with Gasteiger partial charge >= 0.3 is 17.1 Å². The highest BCUT2D eigenvalue weighted by atomic mass is 32.2. The molecule has 1 amide bonds. The van der Waals surface area contributed by atoms with Gasteiger partial charge in [-0.05, 0) is 25.6 Å². The lowest BCUT2D eigenvalue weighted by molar-refractivity contribution is -0.146. The van der Waals surface area contributed by atoms with Crippen LogP contribution in [0.5, 0.6) is 0 Å². The van der Waals surface area contributed by atoms with Gasteiger partial charge in [0, 0.05) is 12.7 Å². The molecule has 0 fully saturated rings. The maximum Gasteiger partial charge on any atom is 0.519 e. The highest BCUT2D eigenvalue weighted by Gasteiger charge is 2.23. The summed E-state index contributed by atoms with van der Waals surface area (Å²) < 4.78 is 19.0. The van der Waals surface area contributed by atoms with Crippen molar-refractivity contribution < 1.29 is 32.7 Å². The summed E-state index contributed by atoms with van der Waals surface area (Å²) in [6.07, 6.45) is 0. The molecule has 0 spiro atoms. The quantitative estimate of drug-likeness (QED) is 0.718. The van der Waals surface area contributed by atoms with E-state index in [9.17, 15) is 19.2 Å². The summed E-state index contributed by atoms with van der Waals surface area (Å²) in [6.45, 7) is 4.26. The van der Waals surface area contributed by atoms with Gasteiger partial charge in [-0.25, -0.2) is 14.4 Å². The number of aryl methyl sites for hydroxylation is 1. The number of hydrogen-bond acceptors (Lipinski definition) is 9. The van der Waals surface area contributed by atoms with Crippen molar-refractivity contribution in [1.82, 2.24) is 5.32 Å². The molecular weight excluding hydrogens is 330 g/mol. The number of nitrogens with one attached hydrogen (secondary N) is 1. The van der Waals surface area contributed by atoms with Gasteiger partial charge in [-0.15, -0.1) is 0 Å². The summed E-state index contributed by atoms with van der Waals surface area (Å²) in [6, 6.07) is -0.960. The molecule has 0 aromatic carbocycles. The van der Waals surface area contributed by atoms with Crippen LogP contribution in [0.15, 0.2) is 13.6 Å². The zero-order valence-electron chi connectivity index (χ0n) is 12.9. The van der Waals surface area contributed by atoms with Gasteiger partial charge in [-0.1, -0.05) is 0 Å². The van der Waals surface area contributed by atoms with E-state index in [1.54, 1.807) is 6.92 Å². The number of carbonyl (C=O) groups excluding carboxylic acids is 3. The Hall–Kier alpha value is -2.23. The fraction of sp³-hybridized carbons (Fsp3) is 0.538. The molecule has 0 aliphatic rings. The molecule has 0 bridgehead atoms. The van der Waals surface area contributed by atoms with Crippen molar-refractivity contribution >= 4 is 28.9 Å². The Morgan fingerprint density at radius 2 is 1.96 bits per heavy atom. The predicted molar refractivity (Wildman–Crippen MR) is 78.9 cm³/mol. The Bertz CT molecular complexity index is 620. The second kappa shape index (κ2) is 9.03. The van der Waals surface area contributed by atoms with E-state index in [2.05, 4.69) is 14.2 Å². The zero-order valence-corrected chi connectivity index (χ0v) is 13.7. The van der Waals surface area contributed by atoms with Crippen LogP contribution in [0.25, 0.3) is 0 Å². The first-order chi connectivity index (χ1) is 10.8. The number of thioether (sulfide) groups is 1. The number of esters is 1. The van der Waals surface area contributed by atoms with Crippen LogP contribution >= 0.6 is 11.8 Å². The Morgan fingerprint density at radius 3 is 2.48 bits per heavy atom. The van der Waals surface area contributed by atoms with E-state index in [-0.39, 0.29) is 30.5 Å². The Kier molecular flexibility index (Phi) is 7.39. The molecule has 128 valence electrons. The number of hydrogen-bond donors (Lipinski definition) is 1. The van der Waals surface area contributed by atoms with Crippen LogP contribution in [0.1, 0.15) is 25.4 Å². The summed E-state index contributed by atoms with van der Waals surface area (Å²) in [5.74, 6) is -1.67. The van der Waals surface area contributed by atoms with E-state index in [0.29, 0.717) is 11.8 Å². The molecule has 0 saturated carbocycles. The average Bonchev–Trinajstić information content (AvgIpc) is 2.79. The molecule has 0 aliphatic heterocycles. The lowest BCUT2D eigenvalue weighted by Gasteiger charge is -2.15. The van der Waals surface area contributed by atoms with E-state index in [4.69, 9.17) is 9.47 Å². The highest BCUT2D eigenvalue weighted by molar-refractivity contribution is 8.13. The third kappa shape index (κ3) is 6.59. The molecule has 0 aliphatic carbocycles. The second-order valence-electron chi connectivity index (χ2n) is 4.29. The topological polar surface area (TPSA) is 125 Å². The standard InChI is InChI=1S/C13H17NO8S/c1-4-19-11(16)9(14-8(3)15)6-23-13(18)20-5-10-7(2)21-12(17)22-10/h9H,4-6H2,1-3H3,(H,14,15)/t9-/m0/s1. The number of carbonyl (C=O) groups is 3. The van der Waals surface area contributed by atoms with Gasteiger partial charge in [-0.3, -0.25) is 4.79 Å². The van der Waals surface area contributed by atoms with Crippen LogP contribution in [0.4, 0.5) is 4.79 Å². The minimum absolute atomic E-state index is 0.0500. The first-order valence-corrected chi connectivity index (χ1v) is 7.64. The number of ether oxygens (including phenoxy) is 2. The molecule has 9 nitrogen and oxygen atoms in total. The summed E-state index contributed by atoms with van der Waals surface area (Å²) in [4.78, 5) is 45.2. The maximum absolute atomic E-state index is 11.7. The third-order valence-electron chi connectivity index (χ3n) is 2.47. The fourth-order valence-electron chi connectivity index (χ4n) is 1.48. The van der Waals surface area contributed by atoms with Gasteiger partial charge in [0.05, 0.1) is 6.61 Å². The van der Waals surface area contributed by atoms with Crippen LogP contribution in [-0.2, 0) is 25.7 Å². The highest BCUT2D eigenvalue weighted by Crippen LogP contribution is 2.13. The molecule has 1 rings (SSSR count). The molecule has 0 saturated heterocycles. The molecule has 1 atom stereocenters. The monoisotopic (exact) mass is 347 g/mol. The largest absolute Gasteiger partial charge is 0.519 e. The van der Waals surface area contributed by atoms with Crippen molar-refractivity contribution in [2.24, 2.45) is 0 Å². The fourth-order valence-corrected chi connectivity index (χ4v) is 2.15. The summed E-state index contributed by atoms with van der Waals surface area (Å²) in [5.41, 5.74) is 0. The van der Waals surface area contributed by atoms with Gasteiger partial charge in [0.15, 0.2) is 18.1 Å². The number of rotatable bonds is 7. The summed E-state index contributed by atoms with van der Waals surface area (Å²) >= 11 is 0.686. The van der Waals surface area contributed by atoms with Crippen LogP contribution in [0, 0.1) is 6.92 Å². The molecular formula is C13H17NO8S. The first kappa shape index (κ1) is 18.8. The van der Waals surface area contributed by atoms with Crippen molar-refractivity contribution in [3.05, 3.63) is 22.1 Å². The first-order valence-electron chi connectivity index (χ1n) is 6.66. The SMILES string of the molecule is CCOC(=O)[C@H](CSC(=O)OCc1oc(=O)oc1C)NC(C)=O. The van der Waals surface area contributed by atoms with Gasteiger partial charge < -0.3 is 23.6 Å². The van der Waals surface area contributed by atoms with Crippen LogP contribution in [0.3, 0.4) is 0 Å². The molecule has 1 aromatic heterocycles. The molecule has 1 aromatic rings. The third-order valence-corrected chi connectivity index (χ3v) is 3.33. The van der Waals surface area contributed by atoms with Gasteiger partial charge in [-0.2, -0.15) is 0 Å². The normalized spacial score (nSPS) is 11.6. The van der Waals surface area contributed by atoms with Crippen LogP contribution in [0.2, 0.25) is 0 Å². The number of amides is 1. The maximum atomic E-state index is 11.7. The van der Waals surface area contributed by atoms with Crippen molar-refractivity contribution in [3.63, 3.8) is 0 Å². The van der Waals surface area contributed by atoms with E-state index in [0.717, 1.165) is 0 Å². The lowest BCUT2D eigenvalue weighted by Crippen LogP contribution is -2.42. The molecule has 1 N–H and O–H groups in total. The van der Waals surface area contributed by atoms with Crippen molar-refractivity contribution in [1.29, 1.82) is 0 Å². The van der Waals surface area contributed by atoms with Crippen LogP contribution in [-0.4, -0.2) is 35.6 Å². The Labute approximate surface area is 135 Å². The van der Waals surface area contributed by atoms with Gasteiger partial charge in [0.25, 0.3) is 0 Å². The van der Waals surface area contributed by atoms with Crippen molar-refractivity contribution in [2.45, 2.75) is 33.4 Å². The summed E-state index contributed by atoms with van der Waals surface area (Å²) in [7, 11) is 0. The van der Waals surface area contributed by atoms with E-state index in [1.165, 1.54) is 13.8 Å². The van der Waals surface area contributed by atoms with Gasteiger partial charge in [0.1, 0.15) is 6.04 Å². The second-order valence-corrected chi connectivity index (χ2v) is 5.24. The van der Waals surface area contributed by atoms with E-state index >= 15 is 0 Å².